The lowest BCUT2D eigenvalue weighted by atomic mass is 10.1. The molecule has 1 N–H and O–H groups in total. The molecule has 0 radical (unpaired) electrons. The predicted octanol–water partition coefficient (Wildman–Crippen LogP) is 3.45. The van der Waals surface area contributed by atoms with Gasteiger partial charge in [0.25, 0.3) is 5.69 Å². The molecular formula is C21H22N6O2. The fourth-order valence-corrected chi connectivity index (χ4v) is 3.34. The van der Waals surface area contributed by atoms with Crippen molar-refractivity contribution in [1.29, 1.82) is 0 Å². The summed E-state index contributed by atoms with van der Waals surface area (Å²) < 4.78 is 0. The molecule has 2 aromatic heterocycles. The van der Waals surface area contributed by atoms with Crippen molar-refractivity contribution in [2.45, 2.75) is 6.54 Å². The topological polar surface area (TPSA) is 87.4 Å². The zero-order chi connectivity index (χ0) is 20.1. The van der Waals surface area contributed by atoms with E-state index in [0.717, 1.165) is 44.2 Å². The van der Waals surface area contributed by atoms with Gasteiger partial charge in [-0.3, -0.25) is 15.0 Å². The van der Waals surface area contributed by atoms with Crippen molar-refractivity contribution in [3.05, 3.63) is 82.7 Å². The molecule has 0 saturated carbocycles. The van der Waals surface area contributed by atoms with Gasteiger partial charge in [0.2, 0.25) is 0 Å². The van der Waals surface area contributed by atoms with Gasteiger partial charge >= 0.3 is 0 Å². The highest BCUT2D eigenvalue weighted by Gasteiger charge is 2.17. The Morgan fingerprint density at radius 1 is 0.966 bits per heavy atom. The van der Waals surface area contributed by atoms with Crippen LogP contribution in [-0.4, -0.2) is 46.0 Å². The molecule has 0 unspecified atom stereocenters. The number of nitrogens with one attached hydrogen (secondary N) is 1. The van der Waals surface area contributed by atoms with Crippen LogP contribution in [0.2, 0.25) is 0 Å². The van der Waals surface area contributed by atoms with Gasteiger partial charge in [-0.05, 0) is 35.9 Å². The predicted molar refractivity (Wildman–Crippen MR) is 112 cm³/mol. The summed E-state index contributed by atoms with van der Waals surface area (Å²) in [6, 6.07) is 17.3. The zero-order valence-electron chi connectivity index (χ0n) is 15.9. The highest BCUT2D eigenvalue weighted by atomic mass is 16.6. The van der Waals surface area contributed by atoms with Gasteiger partial charge in [-0.1, -0.05) is 18.2 Å². The number of rotatable bonds is 6. The summed E-state index contributed by atoms with van der Waals surface area (Å²) >= 11 is 0. The molecule has 1 aromatic carbocycles. The van der Waals surface area contributed by atoms with Gasteiger partial charge in [0.05, 0.1) is 4.92 Å². The molecule has 0 aliphatic carbocycles. The lowest BCUT2D eigenvalue weighted by molar-refractivity contribution is -0.385. The minimum Gasteiger partial charge on any atom is -0.354 e. The second-order valence-electron chi connectivity index (χ2n) is 6.93. The Hall–Kier alpha value is -3.52. The van der Waals surface area contributed by atoms with Crippen molar-refractivity contribution in [2.24, 2.45) is 0 Å². The summed E-state index contributed by atoms with van der Waals surface area (Å²) in [5.74, 6) is 1.62. The fraction of sp³-hybridized carbons (Fsp3) is 0.238. The van der Waals surface area contributed by atoms with Crippen LogP contribution in [0.1, 0.15) is 5.56 Å². The number of hydrogen-bond acceptors (Lipinski definition) is 7. The van der Waals surface area contributed by atoms with E-state index in [0.29, 0.717) is 5.82 Å². The second-order valence-corrected chi connectivity index (χ2v) is 6.93. The van der Waals surface area contributed by atoms with E-state index in [-0.39, 0.29) is 5.69 Å². The van der Waals surface area contributed by atoms with E-state index in [1.807, 2.05) is 30.5 Å². The minimum atomic E-state index is -0.457. The Morgan fingerprint density at radius 3 is 2.38 bits per heavy atom. The first-order valence-corrected chi connectivity index (χ1v) is 9.52. The molecule has 0 spiro atoms. The van der Waals surface area contributed by atoms with Crippen molar-refractivity contribution in [1.82, 2.24) is 14.9 Å². The van der Waals surface area contributed by atoms with Crippen LogP contribution in [0.4, 0.5) is 23.0 Å². The molecule has 1 aliphatic rings. The van der Waals surface area contributed by atoms with Crippen LogP contribution >= 0.6 is 0 Å². The van der Waals surface area contributed by atoms with Crippen molar-refractivity contribution in [3.8, 4) is 0 Å². The standard InChI is InChI=1S/C21H22N6O2/c28-27(29)19-8-9-20(23-15-19)24-18-6-4-17(5-7-18)16-25-11-13-26(14-12-25)21-3-1-2-10-22-21/h1-10,15H,11-14,16H2,(H,23,24). The third-order valence-corrected chi connectivity index (χ3v) is 4.94. The number of aromatic nitrogens is 2. The van der Waals surface area contributed by atoms with Crippen LogP contribution in [-0.2, 0) is 6.54 Å². The summed E-state index contributed by atoms with van der Waals surface area (Å²) in [5.41, 5.74) is 2.13. The number of pyridine rings is 2. The zero-order valence-corrected chi connectivity index (χ0v) is 15.9. The molecular weight excluding hydrogens is 368 g/mol. The Balaban J connectivity index is 1.29. The maximum atomic E-state index is 10.7. The van der Waals surface area contributed by atoms with Gasteiger partial charge < -0.3 is 10.2 Å². The van der Waals surface area contributed by atoms with Gasteiger partial charge in [-0.25, -0.2) is 9.97 Å². The highest BCUT2D eigenvalue weighted by Crippen LogP contribution is 2.19. The Kier molecular flexibility index (Phi) is 5.62. The van der Waals surface area contributed by atoms with E-state index in [2.05, 4.69) is 43.3 Å². The lowest BCUT2D eigenvalue weighted by Crippen LogP contribution is -2.46. The van der Waals surface area contributed by atoms with Gasteiger partial charge in [0.1, 0.15) is 17.8 Å². The first kappa shape index (κ1) is 18.8. The average Bonchev–Trinajstić information content (AvgIpc) is 2.77. The Labute approximate surface area is 169 Å². The molecule has 0 amide bonds. The van der Waals surface area contributed by atoms with Crippen molar-refractivity contribution < 1.29 is 4.92 Å². The van der Waals surface area contributed by atoms with Gasteiger partial charge in [-0.2, -0.15) is 0 Å². The summed E-state index contributed by atoms with van der Waals surface area (Å²) in [4.78, 5) is 23.5. The summed E-state index contributed by atoms with van der Waals surface area (Å²) in [5, 5.41) is 13.9. The van der Waals surface area contributed by atoms with E-state index in [1.54, 1.807) is 6.07 Å². The fourth-order valence-electron chi connectivity index (χ4n) is 3.34. The monoisotopic (exact) mass is 390 g/mol. The summed E-state index contributed by atoms with van der Waals surface area (Å²) in [7, 11) is 0. The number of nitro groups is 1. The van der Waals surface area contributed by atoms with Crippen LogP contribution in [0.5, 0.6) is 0 Å². The molecule has 1 fully saturated rings. The molecule has 1 aliphatic heterocycles. The van der Waals surface area contributed by atoms with Crippen molar-refractivity contribution >= 4 is 23.0 Å². The van der Waals surface area contributed by atoms with E-state index in [4.69, 9.17) is 0 Å². The molecule has 0 bridgehead atoms. The number of hydrogen-bond donors (Lipinski definition) is 1. The molecule has 4 rings (SSSR count). The SMILES string of the molecule is O=[N+]([O-])c1ccc(Nc2ccc(CN3CCN(c4ccccn4)CC3)cc2)nc1. The maximum Gasteiger partial charge on any atom is 0.287 e. The second kappa shape index (κ2) is 8.66. The smallest absolute Gasteiger partial charge is 0.287 e. The molecule has 8 nitrogen and oxygen atoms in total. The molecule has 0 atom stereocenters. The molecule has 29 heavy (non-hydrogen) atoms. The van der Waals surface area contributed by atoms with Crippen LogP contribution < -0.4 is 10.2 Å². The van der Waals surface area contributed by atoms with E-state index >= 15 is 0 Å². The number of nitrogens with zero attached hydrogens (tertiary/aromatic N) is 5. The molecule has 148 valence electrons. The number of benzene rings is 1. The average molecular weight is 390 g/mol. The van der Waals surface area contributed by atoms with Gasteiger partial charge in [-0.15, -0.1) is 0 Å². The lowest BCUT2D eigenvalue weighted by Gasteiger charge is -2.35. The molecule has 8 heteroatoms. The quantitative estimate of drug-likeness (QED) is 0.509. The van der Waals surface area contributed by atoms with E-state index < -0.39 is 4.92 Å². The third-order valence-electron chi connectivity index (χ3n) is 4.94. The molecule has 1 saturated heterocycles. The van der Waals surface area contributed by atoms with Crippen LogP contribution in [0.15, 0.2) is 67.0 Å². The first-order chi connectivity index (χ1) is 14.2. The van der Waals surface area contributed by atoms with Crippen molar-refractivity contribution in [3.63, 3.8) is 0 Å². The first-order valence-electron chi connectivity index (χ1n) is 9.52. The maximum absolute atomic E-state index is 10.7. The summed E-state index contributed by atoms with van der Waals surface area (Å²) in [6.45, 7) is 4.86. The summed E-state index contributed by atoms with van der Waals surface area (Å²) in [6.07, 6.45) is 3.09. The Morgan fingerprint density at radius 2 is 1.76 bits per heavy atom. The largest absolute Gasteiger partial charge is 0.354 e. The molecule has 3 aromatic rings. The van der Waals surface area contributed by atoms with Crippen LogP contribution in [0.25, 0.3) is 0 Å². The van der Waals surface area contributed by atoms with E-state index in [1.165, 1.54) is 17.8 Å². The molecule has 3 heterocycles. The van der Waals surface area contributed by atoms with Gasteiger partial charge in [0, 0.05) is 50.7 Å². The number of anilines is 3. The third kappa shape index (κ3) is 4.85. The normalized spacial score (nSPS) is 14.6. The minimum absolute atomic E-state index is 0.0194. The van der Waals surface area contributed by atoms with Crippen molar-refractivity contribution in [2.75, 3.05) is 36.4 Å². The Bertz CT molecular complexity index is 939. The highest BCUT2D eigenvalue weighted by molar-refractivity contribution is 5.57. The van der Waals surface area contributed by atoms with Crippen LogP contribution in [0.3, 0.4) is 0 Å². The van der Waals surface area contributed by atoms with Gasteiger partial charge in [0.15, 0.2) is 0 Å². The number of piperazine rings is 1. The van der Waals surface area contributed by atoms with Crippen LogP contribution in [0, 0.1) is 10.1 Å². The van der Waals surface area contributed by atoms with E-state index in [9.17, 15) is 10.1 Å².